The van der Waals surface area contributed by atoms with E-state index in [4.69, 9.17) is 20.5 Å². The van der Waals surface area contributed by atoms with Crippen LogP contribution in [0.5, 0.6) is 11.9 Å². The Balaban J connectivity index is 0.000000254. The van der Waals surface area contributed by atoms with Gasteiger partial charge in [0.05, 0.1) is 36.5 Å². The zero-order valence-electron chi connectivity index (χ0n) is 26.4. The monoisotopic (exact) mass is 708 g/mol. The molecule has 3 aromatic rings. The molecule has 0 saturated carbocycles. The van der Waals surface area contributed by atoms with Gasteiger partial charge in [-0.2, -0.15) is 28.4 Å². The summed E-state index contributed by atoms with van der Waals surface area (Å²) in [5.41, 5.74) is 3.34. The SMILES string of the molecule is C=CC(=O)N1CCC(Oc2nc(OC)nc3c(F)c(/C=C/C=C/F)c(C(F)(F)F)cc23)C1.FC1CC2CCCN2C1.N#Cc1ccsc1N. The average molecular weight is 709 g/mol. The van der Waals surface area contributed by atoms with E-state index in [0.29, 0.717) is 42.2 Å². The summed E-state index contributed by atoms with van der Waals surface area (Å²) in [5, 5.41) is 10.4. The molecule has 3 unspecified atom stereocenters. The lowest BCUT2D eigenvalue weighted by molar-refractivity contribution is -0.137. The first-order valence-electron chi connectivity index (χ1n) is 15.2. The molecule has 49 heavy (non-hydrogen) atoms. The number of nitrogens with zero attached hydrogens (tertiary/aromatic N) is 5. The van der Waals surface area contributed by atoms with E-state index in [1.165, 1.54) is 36.2 Å². The number of rotatable bonds is 6. The molecular weight excluding hydrogens is 674 g/mol. The van der Waals surface area contributed by atoms with Crippen LogP contribution in [0, 0.1) is 17.1 Å². The lowest BCUT2D eigenvalue weighted by Crippen LogP contribution is -2.29. The first kappa shape index (κ1) is 37.2. The number of carbonyl (C=O) groups is 1. The number of nitrogens with two attached hydrogens (primary N) is 1. The molecule has 5 heterocycles. The largest absolute Gasteiger partial charge is 0.472 e. The quantitative estimate of drug-likeness (QED) is 0.168. The molecule has 3 aliphatic heterocycles. The van der Waals surface area contributed by atoms with Gasteiger partial charge in [-0.3, -0.25) is 9.69 Å². The van der Waals surface area contributed by atoms with Gasteiger partial charge in [-0.15, -0.1) is 11.3 Å². The number of nitrogen functional groups attached to an aromatic ring is 1. The topological polar surface area (TPSA) is 118 Å². The molecule has 262 valence electrons. The van der Waals surface area contributed by atoms with Gasteiger partial charge in [-0.1, -0.05) is 18.7 Å². The molecular formula is C33H34F6N6O3S. The Morgan fingerprint density at radius 3 is 2.59 bits per heavy atom. The number of amides is 1. The number of alkyl halides is 4. The molecule has 0 aliphatic carbocycles. The Morgan fingerprint density at radius 1 is 1.22 bits per heavy atom. The number of fused-ring (bicyclic) bond motifs is 2. The summed E-state index contributed by atoms with van der Waals surface area (Å²) in [6.45, 7) is 5.78. The summed E-state index contributed by atoms with van der Waals surface area (Å²) in [6.07, 6.45) is 1.46. The predicted octanol–water partition coefficient (Wildman–Crippen LogP) is 6.85. The summed E-state index contributed by atoms with van der Waals surface area (Å²) in [4.78, 5) is 23.3. The number of likely N-dealkylation sites (tertiary alicyclic amines) is 1. The van der Waals surface area contributed by atoms with E-state index in [1.807, 2.05) is 6.07 Å². The molecule has 9 nitrogen and oxygen atoms in total. The minimum atomic E-state index is -4.92. The number of aromatic nitrogens is 2. The van der Waals surface area contributed by atoms with E-state index in [2.05, 4.69) is 21.4 Å². The summed E-state index contributed by atoms with van der Waals surface area (Å²) < 4.78 is 91.7. The fraction of sp³-hybridized carbons (Fsp3) is 0.394. The molecule has 3 fully saturated rings. The number of hydrogen-bond acceptors (Lipinski definition) is 9. The maximum absolute atomic E-state index is 15.2. The van der Waals surface area contributed by atoms with Gasteiger partial charge in [-0.25, -0.2) is 13.2 Å². The third-order valence-electron chi connectivity index (χ3n) is 8.03. The smallest absolute Gasteiger partial charge is 0.417 e. The first-order valence-corrected chi connectivity index (χ1v) is 16.1. The van der Waals surface area contributed by atoms with Crippen LogP contribution >= 0.6 is 11.3 Å². The molecule has 0 radical (unpaired) electrons. The van der Waals surface area contributed by atoms with E-state index < -0.39 is 40.9 Å². The van der Waals surface area contributed by atoms with Crippen LogP contribution in [0.4, 0.5) is 31.3 Å². The van der Waals surface area contributed by atoms with E-state index in [-0.39, 0.29) is 36.1 Å². The standard InChI is InChI=1S/C21H18F5N3O3.C7H12FN.C5H4N2S/c1-3-16(30)29-9-7-12(11-29)32-19-14-10-15(21(24,25)26)13(6-4-5-8-22)17(23)18(14)27-20(28-19)31-2;8-6-4-7-2-1-3-9(7)5-6;6-3-4-1-2-8-5(4)7/h3-6,8,10,12H,1,7,9,11H2,2H3;6-7H,1-5H2;1-2H,7H2/b6-4+,8-5+;;. The normalized spacial score (nSPS) is 20.4. The molecule has 1 amide bonds. The average Bonchev–Trinajstić information content (AvgIpc) is 3.88. The summed E-state index contributed by atoms with van der Waals surface area (Å²) in [6, 6.07) is 4.64. The lowest BCUT2D eigenvalue weighted by atomic mass is 10.0. The number of thiophene rings is 1. The number of anilines is 1. The number of benzene rings is 1. The molecule has 3 aliphatic rings. The molecule has 3 atom stereocenters. The molecule has 1 aromatic carbocycles. The maximum atomic E-state index is 15.2. The van der Waals surface area contributed by atoms with Crippen molar-refractivity contribution in [1.82, 2.24) is 19.8 Å². The van der Waals surface area contributed by atoms with Gasteiger partial charge in [0.15, 0.2) is 5.82 Å². The predicted molar refractivity (Wildman–Crippen MR) is 174 cm³/mol. The molecule has 0 bridgehead atoms. The number of ether oxygens (including phenoxy) is 2. The fourth-order valence-electron chi connectivity index (χ4n) is 5.72. The maximum Gasteiger partial charge on any atom is 0.417 e. The summed E-state index contributed by atoms with van der Waals surface area (Å²) in [7, 11) is 1.21. The van der Waals surface area contributed by atoms with Crippen LogP contribution in [-0.4, -0.2) is 77.3 Å². The minimum Gasteiger partial charge on any atom is -0.472 e. The van der Waals surface area contributed by atoms with Crippen molar-refractivity contribution in [1.29, 1.82) is 5.26 Å². The lowest BCUT2D eigenvalue weighted by Gasteiger charge is -2.18. The van der Waals surface area contributed by atoms with Crippen molar-refractivity contribution < 1.29 is 40.6 Å². The van der Waals surface area contributed by atoms with Gasteiger partial charge in [0, 0.05) is 31.1 Å². The Hall–Kier alpha value is -4.62. The van der Waals surface area contributed by atoms with Crippen LogP contribution in [0.2, 0.25) is 0 Å². The van der Waals surface area contributed by atoms with Gasteiger partial charge in [0.1, 0.15) is 28.9 Å². The second kappa shape index (κ2) is 16.7. The Bertz CT molecular complexity index is 1730. The Kier molecular flexibility index (Phi) is 12.7. The van der Waals surface area contributed by atoms with E-state index in [9.17, 15) is 26.7 Å². The number of methoxy groups -OCH3 is 1. The molecule has 2 N–H and O–H groups in total. The van der Waals surface area contributed by atoms with Crippen LogP contribution < -0.4 is 15.2 Å². The number of nitriles is 1. The fourth-order valence-corrected chi connectivity index (χ4v) is 6.31. The van der Waals surface area contributed by atoms with Crippen LogP contribution in [0.25, 0.3) is 17.0 Å². The van der Waals surface area contributed by atoms with Gasteiger partial charge < -0.3 is 20.1 Å². The van der Waals surface area contributed by atoms with Gasteiger partial charge in [0.25, 0.3) is 0 Å². The van der Waals surface area contributed by atoms with Crippen molar-refractivity contribution in [2.75, 3.05) is 39.0 Å². The number of halogens is 6. The van der Waals surface area contributed by atoms with Gasteiger partial charge >= 0.3 is 12.2 Å². The van der Waals surface area contributed by atoms with Crippen LogP contribution in [0.3, 0.4) is 0 Å². The van der Waals surface area contributed by atoms with E-state index in [1.54, 1.807) is 11.4 Å². The molecule has 3 saturated heterocycles. The number of hydrogen-bond donors (Lipinski definition) is 1. The molecule has 6 rings (SSSR count). The molecule has 16 heteroatoms. The van der Waals surface area contributed by atoms with Crippen molar-refractivity contribution in [3.8, 4) is 18.0 Å². The second-order valence-corrected chi connectivity index (χ2v) is 12.1. The van der Waals surface area contributed by atoms with Crippen LogP contribution in [0.1, 0.15) is 42.4 Å². The highest BCUT2D eigenvalue weighted by Gasteiger charge is 2.37. The van der Waals surface area contributed by atoms with E-state index >= 15 is 4.39 Å². The van der Waals surface area contributed by atoms with Crippen molar-refractivity contribution >= 4 is 39.2 Å². The highest BCUT2D eigenvalue weighted by molar-refractivity contribution is 7.14. The highest BCUT2D eigenvalue weighted by atomic mass is 32.1. The molecule has 0 spiro atoms. The third-order valence-corrected chi connectivity index (χ3v) is 8.78. The van der Waals surface area contributed by atoms with Crippen molar-refractivity contribution in [3.63, 3.8) is 0 Å². The Morgan fingerprint density at radius 2 is 2.00 bits per heavy atom. The third kappa shape index (κ3) is 9.30. The zero-order chi connectivity index (χ0) is 35.7. The Labute approximate surface area is 282 Å². The van der Waals surface area contributed by atoms with Gasteiger partial charge in [-0.05, 0) is 55.5 Å². The van der Waals surface area contributed by atoms with Gasteiger partial charge in [0.2, 0.25) is 11.8 Å². The van der Waals surface area contributed by atoms with Crippen LogP contribution in [-0.2, 0) is 11.0 Å². The number of carbonyl (C=O) groups excluding carboxylic acids is 1. The summed E-state index contributed by atoms with van der Waals surface area (Å²) >= 11 is 1.38. The van der Waals surface area contributed by atoms with E-state index in [0.717, 1.165) is 37.3 Å². The minimum absolute atomic E-state index is 0.0991. The highest BCUT2D eigenvalue weighted by Crippen LogP contribution is 2.40. The van der Waals surface area contributed by atoms with Crippen molar-refractivity contribution in [2.45, 2.75) is 50.2 Å². The second-order valence-electron chi connectivity index (χ2n) is 11.2. The zero-order valence-corrected chi connectivity index (χ0v) is 27.2. The molecule has 2 aromatic heterocycles. The van der Waals surface area contributed by atoms with Crippen LogP contribution in [0.15, 0.2) is 48.6 Å². The van der Waals surface area contributed by atoms with Crippen molar-refractivity contribution in [3.05, 3.63) is 71.2 Å². The van der Waals surface area contributed by atoms with Crippen molar-refractivity contribution in [2.24, 2.45) is 0 Å². The summed E-state index contributed by atoms with van der Waals surface area (Å²) in [5.74, 6) is -1.92. The number of allylic oxidation sites excluding steroid dienone is 2. The first-order chi connectivity index (χ1) is 23.4.